The van der Waals surface area contributed by atoms with Crippen LogP contribution >= 0.6 is 0 Å². The molecule has 0 spiro atoms. The molecule has 0 fully saturated rings. The highest BCUT2D eigenvalue weighted by Gasteiger charge is 2.40. The van der Waals surface area contributed by atoms with Crippen LogP contribution in [0.15, 0.2) is 54.9 Å². The van der Waals surface area contributed by atoms with Gasteiger partial charge in [-0.05, 0) is 17.7 Å². The van der Waals surface area contributed by atoms with E-state index in [1.54, 1.807) is 18.2 Å². The van der Waals surface area contributed by atoms with Crippen LogP contribution in [-0.4, -0.2) is 11.2 Å². The van der Waals surface area contributed by atoms with Crippen molar-refractivity contribution in [3.63, 3.8) is 0 Å². The van der Waals surface area contributed by atoms with E-state index in [9.17, 15) is 13.2 Å². The summed E-state index contributed by atoms with van der Waals surface area (Å²) in [6.45, 7) is 0. The first-order valence-electron chi connectivity index (χ1n) is 5.35. The Morgan fingerprint density at radius 3 is 2.11 bits per heavy atom. The van der Waals surface area contributed by atoms with E-state index < -0.39 is 12.2 Å². The molecular formula is C13H11F3N2. The van der Waals surface area contributed by atoms with Gasteiger partial charge in [0.1, 0.15) is 6.04 Å². The lowest BCUT2D eigenvalue weighted by atomic mass is 10.1. The van der Waals surface area contributed by atoms with Crippen LogP contribution in [0, 0.1) is 0 Å². The zero-order valence-electron chi connectivity index (χ0n) is 9.35. The summed E-state index contributed by atoms with van der Waals surface area (Å²) in [5.74, 6) is 0. The molecule has 1 N–H and O–H groups in total. The van der Waals surface area contributed by atoms with E-state index in [0.717, 1.165) is 0 Å². The van der Waals surface area contributed by atoms with E-state index in [-0.39, 0.29) is 5.56 Å². The number of nitrogens with zero attached hydrogens (tertiary/aromatic N) is 1. The standard InChI is InChI=1S/C13H11F3N2/c14-13(15,16)12(10-4-2-1-3-5-10)18-11-6-8-17-9-7-11/h1-9,12H,(H,17,18). The molecule has 0 amide bonds. The highest BCUT2D eigenvalue weighted by molar-refractivity contribution is 5.44. The van der Waals surface area contributed by atoms with Crippen LogP contribution in [0.1, 0.15) is 11.6 Å². The number of hydrogen-bond donors (Lipinski definition) is 1. The van der Waals surface area contributed by atoms with Gasteiger partial charge in [0.15, 0.2) is 0 Å². The van der Waals surface area contributed by atoms with Gasteiger partial charge in [-0.25, -0.2) is 0 Å². The zero-order valence-corrected chi connectivity index (χ0v) is 9.35. The number of anilines is 1. The van der Waals surface area contributed by atoms with Crippen molar-refractivity contribution in [3.8, 4) is 0 Å². The van der Waals surface area contributed by atoms with Gasteiger partial charge in [-0.1, -0.05) is 30.3 Å². The number of rotatable bonds is 3. The van der Waals surface area contributed by atoms with Crippen molar-refractivity contribution in [2.45, 2.75) is 12.2 Å². The van der Waals surface area contributed by atoms with Gasteiger partial charge in [0, 0.05) is 18.1 Å². The third-order valence-corrected chi connectivity index (χ3v) is 2.45. The third-order valence-electron chi connectivity index (χ3n) is 2.45. The van der Waals surface area contributed by atoms with Crippen LogP contribution in [0.4, 0.5) is 18.9 Å². The topological polar surface area (TPSA) is 24.9 Å². The molecule has 2 rings (SSSR count). The van der Waals surface area contributed by atoms with Crippen LogP contribution in [0.3, 0.4) is 0 Å². The number of aromatic nitrogens is 1. The van der Waals surface area contributed by atoms with Crippen LogP contribution in [0.25, 0.3) is 0 Å². The fourth-order valence-corrected chi connectivity index (χ4v) is 1.61. The summed E-state index contributed by atoms with van der Waals surface area (Å²) in [5, 5.41) is 2.47. The molecule has 0 bridgehead atoms. The Morgan fingerprint density at radius 1 is 0.944 bits per heavy atom. The maximum Gasteiger partial charge on any atom is 0.412 e. The summed E-state index contributed by atoms with van der Waals surface area (Å²) >= 11 is 0. The first-order valence-corrected chi connectivity index (χ1v) is 5.35. The first-order chi connectivity index (χ1) is 8.57. The average molecular weight is 252 g/mol. The molecule has 94 valence electrons. The second-order valence-electron chi connectivity index (χ2n) is 3.77. The Bertz CT molecular complexity index is 483. The number of nitrogens with one attached hydrogen (secondary N) is 1. The number of pyridine rings is 1. The molecule has 1 atom stereocenters. The Morgan fingerprint density at radius 2 is 1.56 bits per heavy atom. The fourth-order valence-electron chi connectivity index (χ4n) is 1.61. The van der Waals surface area contributed by atoms with Crippen molar-refractivity contribution >= 4 is 5.69 Å². The molecule has 2 nitrogen and oxygen atoms in total. The Balaban J connectivity index is 2.28. The Labute approximate surface area is 102 Å². The van der Waals surface area contributed by atoms with Gasteiger partial charge in [-0.3, -0.25) is 4.98 Å². The van der Waals surface area contributed by atoms with Crippen molar-refractivity contribution in [1.29, 1.82) is 0 Å². The van der Waals surface area contributed by atoms with Gasteiger partial charge in [-0.15, -0.1) is 0 Å². The number of halogens is 3. The van der Waals surface area contributed by atoms with Crippen LogP contribution in [-0.2, 0) is 0 Å². The summed E-state index contributed by atoms with van der Waals surface area (Å²) in [5.41, 5.74) is 0.568. The van der Waals surface area contributed by atoms with Crippen molar-refractivity contribution < 1.29 is 13.2 Å². The van der Waals surface area contributed by atoms with Crippen molar-refractivity contribution in [2.24, 2.45) is 0 Å². The van der Waals surface area contributed by atoms with Crippen molar-refractivity contribution in [3.05, 3.63) is 60.4 Å². The Kier molecular flexibility index (Phi) is 3.50. The van der Waals surface area contributed by atoms with Gasteiger partial charge < -0.3 is 5.32 Å². The van der Waals surface area contributed by atoms with Crippen molar-refractivity contribution in [1.82, 2.24) is 4.98 Å². The smallest absolute Gasteiger partial charge is 0.370 e. The lowest BCUT2D eigenvalue weighted by Gasteiger charge is -2.23. The second kappa shape index (κ2) is 5.08. The molecule has 0 saturated heterocycles. The summed E-state index contributed by atoms with van der Waals surface area (Å²) < 4.78 is 39.0. The van der Waals surface area contributed by atoms with Crippen LogP contribution in [0.2, 0.25) is 0 Å². The molecule has 0 aliphatic carbocycles. The van der Waals surface area contributed by atoms with Crippen LogP contribution < -0.4 is 5.32 Å². The van der Waals surface area contributed by atoms with Gasteiger partial charge in [-0.2, -0.15) is 13.2 Å². The predicted molar refractivity (Wildman–Crippen MR) is 63.1 cm³/mol. The average Bonchev–Trinajstić information content (AvgIpc) is 2.37. The molecule has 1 aromatic carbocycles. The lowest BCUT2D eigenvalue weighted by Crippen LogP contribution is -2.27. The lowest BCUT2D eigenvalue weighted by molar-refractivity contribution is -0.144. The normalized spacial score (nSPS) is 13.1. The molecule has 5 heteroatoms. The van der Waals surface area contributed by atoms with Gasteiger partial charge in [0.2, 0.25) is 0 Å². The highest BCUT2D eigenvalue weighted by atomic mass is 19.4. The number of alkyl halides is 3. The summed E-state index contributed by atoms with van der Waals surface area (Å²) in [6, 6.07) is 9.04. The molecule has 2 aromatic rings. The fraction of sp³-hybridized carbons (Fsp3) is 0.154. The minimum absolute atomic E-state index is 0.182. The molecule has 1 heterocycles. The van der Waals surface area contributed by atoms with E-state index in [4.69, 9.17) is 0 Å². The quantitative estimate of drug-likeness (QED) is 0.898. The van der Waals surface area contributed by atoms with E-state index in [2.05, 4.69) is 10.3 Å². The third kappa shape index (κ3) is 3.00. The summed E-state index contributed by atoms with van der Waals surface area (Å²) in [4.78, 5) is 3.77. The van der Waals surface area contributed by atoms with E-state index in [1.807, 2.05) is 0 Å². The SMILES string of the molecule is FC(F)(F)C(Nc1ccncc1)c1ccccc1. The molecule has 18 heavy (non-hydrogen) atoms. The second-order valence-corrected chi connectivity index (χ2v) is 3.77. The van der Waals surface area contributed by atoms with Gasteiger partial charge >= 0.3 is 6.18 Å². The van der Waals surface area contributed by atoms with Gasteiger partial charge in [0.05, 0.1) is 0 Å². The van der Waals surface area contributed by atoms with Crippen molar-refractivity contribution in [2.75, 3.05) is 5.32 Å². The summed E-state index contributed by atoms with van der Waals surface area (Å²) in [7, 11) is 0. The molecule has 0 radical (unpaired) electrons. The maximum absolute atomic E-state index is 13.0. The molecule has 1 unspecified atom stereocenters. The van der Waals surface area contributed by atoms with E-state index >= 15 is 0 Å². The molecular weight excluding hydrogens is 241 g/mol. The van der Waals surface area contributed by atoms with E-state index in [1.165, 1.54) is 36.7 Å². The molecule has 0 aliphatic rings. The molecule has 1 aromatic heterocycles. The summed E-state index contributed by atoms with van der Waals surface area (Å²) in [6.07, 6.45) is -1.47. The predicted octanol–water partition coefficient (Wildman–Crippen LogP) is 3.80. The minimum atomic E-state index is -4.36. The van der Waals surface area contributed by atoms with Crippen LogP contribution in [0.5, 0.6) is 0 Å². The zero-order chi connectivity index (χ0) is 13.0. The monoisotopic (exact) mass is 252 g/mol. The van der Waals surface area contributed by atoms with E-state index in [0.29, 0.717) is 5.69 Å². The highest BCUT2D eigenvalue weighted by Crippen LogP contribution is 2.35. The number of hydrogen-bond acceptors (Lipinski definition) is 2. The largest absolute Gasteiger partial charge is 0.412 e. The number of benzene rings is 1. The first kappa shape index (κ1) is 12.4. The Hall–Kier alpha value is -2.04. The molecule has 0 saturated carbocycles. The minimum Gasteiger partial charge on any atom is -0.370 e. The van der Waals surface area contributed by atoms with Gasteiger partial charge in [0.25, 0.3) is 0 Å². The maximum atomic E-state index is 13.0. The molecule has 0 aliphatic heterocycles.